The van der Waals surface area contributed by atoms with Crippen LogP contribution in [-0.2, 0) is 13.0 Å². The van der Waals surface area contributed by atoms with Crippen LogP contribution in [-0.4, -0.2) is 31.4 Å². The summed E-state index contributed by atoms with van der Waals surface area (Å²) in [7, 11) is 0. The number of rotatable bonds is 2. The number of thioether (sulfide) groups is 1. The molecule has 88 valence electrons. The first-order valence-corrected chi connectivity index (χ1v) is 7.18. The highest BCUT2D eigenvalue weighted by atomic mass is 32.2. The number of fused-ring (bicyclic) bond motifs is 1. The molecular weight excluding hydrogens is 222 g/mol. The molecule has 1 N–H and O–H groups in total. The molecule has 5 heteroatoms. The SMILES string of the molecule is OC1CCCn2c(CC3CCSC3)nnc21. The van der Waals surface area contributed by atoms with Gasteiger partial charge in [0.2, 0.25) is 0 Å². The molecular formula is C11H17N3OS. The van der Waals surface area contributed by atoms with Gasteiger partial charge in [0, 0.05) is 13.0 Å². The molecule has 2 aliphatic rings. The summed E-state index contributed by atoms with van der Waals surface area (Å²) >= 11 is 2.04. The molecule has 2 unspecified atom stereocenters. The van der Waals surface area contributed by atoms with Crippen molar-refractivity contribution in [3.63, 3.8) is 0 Å². The van der Waals surface area contributed by atoms with Gasteiger partial charge in [0.1, 0.15) is 11.9 Å². The first kappa shape index (κ1) is 10.6. The van der Waals surface area contributed by atoms with Gasteiger partial charge in [0.05, 0.1) is 0 Å². The maximum atomic E-state index is 9.81. The van der Waals surface area contributed by atoms with Crippen LogP contribution in [0.1, 0.15) is 37.0 Å². The maximum Gasteiger partial charge on any atom is 0.161 e. The predicted octanol–water partition coefficient (Wildman–Crippen LogP) is 1.40. The fourth-order valence-electron chi connectivity index (χ4n) is 2.56. The van der Waals surface area contributed by atoms with Crippen LogP contribution in [0.5, 0.6) is 0 Å². The molecule has 0 aromatic carbocycles. The van der Waals surface area contributed by atoms with E-state index in [0.29, 0.717) is 0 Å². The van der Waals surface area contributed by atoms with E-state index >= 15 is 0 Å². The van der Waals surface area contributed by atoms with Crippen molar-refractivity contribution in [1.82, 2.24) is 14.8 Å². The first-order chi connectivity index (χ1) is 7.84. The van der Waals surface area contributed by atoms with Gasteiger partial charge in [-0.3, -0.25) is 0 Å². The van der Waals surface area contributed by atoms with Crippen molar-refractivity contribution < 1.29 is 5.11 Å². The molecule has 2 atom stereocenters. The molecule has 1 aromatic heterocycles. The molecule has 2 aliphatic heterocycles. The van der Waals surface area contributed by atoms with Crippen LogP contribution < -0.4 is 0 Å². The maximum absolute atomic E-state index is 9.81. The summed E-state index contributed by atoms with van der Waals surface area (Å²) in [5.41, 5.74) is 0. The Morgan fingerprint density at radius 1 is 1.38 bits per heavy atom. The van der Waals surface area contributed by atoms with E-state index in [-0.39, 0.29) is 0 Å². The summed E-state index contributed by atoms with van der Waals surface area (Å²) in [5, 5.41) is 18.2. The second-order valence-corrected chi connectivity index (χ2v) is 5.87. The average Bonchev–Trinajstić information content (AvgIpc) is 2.90. The van der Waals surface area contributed by atoms with E-state index in [2.05, 4.69) is 14.8 Å². The van der Waals surface area contributed by atoms with Gasteiger partial charge in [-0.1, -0.05) is 0 Å². The third kappa shape index (κ3) is 1.86. The molecule has 0 radical (unpaired) electrons. The molecule has 1 saturated heterocycles. The lowest BCUT2D eigenvalue weighted by Crippen LogP contribution is -2.18. The summed E-state index contributed by atoms with van der Waals surface area (Å²) in [6, 6.07) is 0. The summed E-state index contributed by atoms with van der Waals surface area (Å²) in [4.78, 5) is 0. The minimum Gasteiger partial charge on any atom is -0.385 e. The van der Waals surface area contributed by atoms with Crippen LogP contribution in [0.3, 0.4) is 0 Å². The topological polar surface area (TPSA) is 50.9 Å². The van der Waals surface area contributed by atoms with Crippen LogP contribution in [0.15, 0.2) is 0 Å². The Kier molecular flexibility index (Phi) is 2.90. The van der Waals surface area contributed by atoms with Gasteiger partial charge in [-0.15, -0.1) is 10.2 Å². The fourth-order valence-corrected chi connectivity index (χ4v) is 3.85. The zero-order valence-electron chi connectivity index (χ0n) is 9.30. The zero-order chi connectivity index (χ0) is 11.0. The van der Waals surface area contributed by atoms with Crippen LogP contribution >= 0.6 is 11.8 Å². The third-order valence-corrected chi connectivity index (χ3v) is 4.74. The van der Waals surface area contributed by atoms with Gasteiger partial charge >= 0.3 is 0 Å². The number of hydrogen-bond acceptors (Lipinski definition) is 4. The number of hydrogen-bond donors (Lipinski definition) is 1. The van der Waals surface area contributed by atoms with E-state index in [0.717, 1.165) is 43.4 Å². The highest BCUT2D eigenvalue weighted by Gasteiger charge is 2.25. The van der Waals surface area contributed by atoms with Crippen molar-refractivity contribution >= 4 is 11.8 Å². The smallest absolute Gasteiger partial charge is 0.161 e. The quantitative estimate of drug-likeness (QED) is 0.847. The highest BCUT2D eigenvalue weighted by molar-refractivity contribution is 7.99. The fraction of sp³-hybridized carbons (Fsp3) is 0.818. The number of aromatic nitrogens is 3. The molecule has 0 aliphatic carbocycles. The van der Waals surface area contributed by atoms with E-state index in [4.69, 9.17) is 0 Å². The Hall–Kier alpha value is -0.550. The summed E-state index contributed by atoms with van der Waals surface area (Å²) in [5.74, 6) is 5.17. The normalized spacial score (nSPS) is 29.3. The van der Waals surface area contributed by atoms with Crippen molar-refractivity contribution in [2.75, 3.05) is 11.5 Å². The molecule has 0 saturated carbocycles. The number of aliphatic hydroxyl groups is 1. The molecule has 1 aromatic rings. The molecule has 4 nitrogen and oxygen atoms in total. The Labute approximate surface area is 99.4 Å². The lowest BCUT2D eigenvalue weighted by molar-refractivity contribution is 0.132. The van der Waals surface area contributed by atoms with E-state index in [1.165, 1.54) is 17.9 Å². The van der Waals surface area contributed by atoms with Crippen LogP contribution in [0, 0.1) is 5.92 Å². The summed E-state index contributed by atoms with van der Waals surface area (Å²) in [6.07, 6.45) is 3.81. The van der Waals surface area contributed by atoms with E-state index in [9.17, 15) is 5.11 Å². The highest BCUT2D eigenvalue weighted by Crippen LogP contribution is 2.29. The minimum atomic E-state index is -0.395. The molecule has 0 amide bonds. The van der Waals surface area contributed by atoms with E-state index < -0.39 is 6.10 Å². The van der Waals surface area contributed by atoms with Gasteiger partial charge in [-0.25, -0.2) is 0 Å². The number of nitrogens with zero attached hydrogens (tertiary/aromatic N) is 3. The Bertz CT molecular complexity index is 373. The zero-order valence-corrected chi connectivity index (χ0v) is 10.1. The molecule has 0 bridgehead atoms. The van der Waals surface area contributed by atoms with Crippen molar-refractivity contribution in [1.29, 1.82) is 0 Å². The Morgan fingerprint density at radius 2 is 2.31 bits per heavy atom. The van der Waals surface area contributed by atoms with E-state index in [1.54, 1.807) is 0 Å². The minimum absolute atomic E-state index is 0.395. The Morgan fingerprint density at radius 3 is 3.12 bits per heavy atom. The van der Waals surface area contributed by atoms with Crippen LogP contribution in [0.2, 0.25) is 0 Å². The second-order valence-electron chi connectivity index (χ2n) is 4.72. The lowest BCUT2D eigenvalue weighted by atomic mass is 10.0. The average molecular weight is 239 g/mol. The van der Waals surface area contributed by atoms with Gasteiger partial charge in [-0.05, 0) is 36.7 Å². The molecule has 3 heterocycles. The monoisotopic (exact) mass is 239 g/mol. The number of aliphatic hydroxyl groups excluding tert-OH is 1. The largest absolute Gasteiger partial charge is 0.385 e. The van der Waals surface area contributed by atoms with Crippen molar-refractivity contribution in [3.05, 3.63) is 11.6 Å². The third-order valence-electron chi connectivity index (χ3n) is 3.51. The van der Waals surface area contributed by atoms with Gasteiger partial charge in [0.25, 0.3) is 0 Å². The van der Waals surface area contributed by atoms with Gasteiger partial charge < -0.3 is 9.67 Å². The standard InChI is InChI=1S/C11H17N3OS/c15-9-2-1-4-14-10(12-13-11(9)14)6-8-3-5-16-7-8/h8-9,15H,1-7H2. The lowest BCUT2D eigenvalue weighted by Gasteiger charge is -2.20. The van der Waals surface area contributed by atoms with Crippen molar-refractivity contribution in [3.8, 4) is 0 Å². The van der Waals surface area contributed by atoms with Crippen molar-refractivity contribution in [2.45, 2.75) is 38.3 Å². The van der Waals surface area contributed by atoms with Gasteiger partial charge in [-0.2, -0.15) is 11.8 Å². The van der Waals surface area contributed by atoms with Crippen molar-refractivity contribution in [2.24, 2.45) is 5.92 Å². The Balaban J connectivity index is 1.79. The second kappa shape index (κ2) is 4.37. The summed E-state index contributed by atoms with van der Waals surface area (Å²) < 4.78 is 2.14. The van der Waals surface area contributed by atoms with Crippen LogP contribution in [0.25, 0.3) is 0 Å². The molecule has 1 fully saturated rings. The first-order valence-electron chi connectivity index (χ1n) is 6.02. The molecule has 16 heavy (non-hydrogen) atoms. The molecule has 3 rings (SSSR count). The van der Waals surface area contributed by atoms with Gasteiger partial charge in [0.15, 0.2) is 5.82 Å². The predicted molar refractivity (Wildman–Crippen MR) is 63.4 cm³/mol. The summed E-state index contributed by atoms with van der Waals surface area (Å²) in [6.45, 7) is 0.981. The molecule has 0 spiro atoms. The van der Waals surface area contributed by atoms with E-state index in [1.807, 2.05) is 11.8 Å². The van der Waals surface area contributed by atoms with Crippen LogP contribution in [0.4, 0.5) is 0 Å².